The van der Waals surface area contributed by atoms with Crippen LogP contribution in [0.4, 0.5) is 24.7 Å². The van der Waals surface area contributed by atoms with Crippen molar-refractivity contribution in [2.75, 3.05) is 68.8 Å². The van der Waals surface area contributed by atoms with E-state index in [1.54, 1.807) is 11.0 Å². The predicted octanol–water partition coefficient (Wildman–Crippen LogP) is 3.21. The number of fused-ring (bicyclic) bond motifs is 3. The fourth-order valence-electron chi connectivity index (χ4n) is 6.91. The first-order chi connectivity index (χ1) is 21.2. The van der Waals surface area contributed by atoms with Gasteiger partial charge in [-0.2, -0.15) is 23.1 Å². The van der Waals surface area contributed by atoms with Crippen LogP contribution >= 0.6 is 0 Å². The summed E-state index contributed by atoms with van der Waals surface area (Å²) in [5.41, 5.74) is 0.971. The number of ether oxygens (including phenoxy) is 2. The van der Waals surface area contributed by atoms with E-state index in [1.807, 2.05) is 4.90 Å². The molecule has 4 atom stereocenters. The minimum absolute atomic E-state index is 0.126. The summed E-state index contributed by atoms with van der Waals surface area (Å²) in [5, 5.41) is 10.5. The van der Waals surface area contributed by atoms with Crippen LogP contribution in [0.1, 0.15) is 29.7 Å². The van der Waals surface area contributed by atoms with Crippen molar-refractivity contribution >= 4 is 11.5 Å². The van der Waals surface area contributed by atoms with E-state index < -0.39 is 18.0 Å². The molecule has 0 amide bonds. The average molecular weight is 614 g/mol. The van der Waals surface area contributed by atoms with E-state index in [4.69, 9.17) is 26.0 Å². The van der Waals surface area contributed by atoms with Crippen LogP contribution in [-0.2, 0) is 23.9 Å². The Kier molecular flexibility index (Phi) is 8.96. The molecule has 4 aliphatic rings. The summed E-state index contributed by atoms with van der Waals surface area (Å²) in [6, 6.07) is 6.06. The highest BCUT2D eigenvalue weighted by molar-refractivity contribution is 5.59. The van der Waals surface area contributed by atoms with Crippen LogP contribution in [0.3, 0.4) is 0 Å². The van der Waals surface area contributed by atoms with Gasteiger partial charge in [0.15, 0.2) is 0 Å². The first-order valence-electron chi connectivity index (χ1n) is 15.2. The van der Waals surface area contributed by atoms with Crippen LogP contribution in [0, 0.1) is 6.57 Å². The van der Waals surface area contributed by atoms with E-state index in [2.05, 4.69) is 21.2 Å². The van der Waals surface area contributed by atoms with Crippen molar-refractivity contribution in [2.45, 2.75) is 56.4 Å². The first kappa shape index (κ1) is 30.6. The molecule has 4 aliphatic heterocycles. The van der Waals surface area contributed by atoms with Gasteiger partial charge in [-0.3, -0.25) is 9.80 Å². The molecule has 236 valence electrons. The Bertz CT molecular complexity index is 1390. The summed E-state index contributed by atoms with van der Waals surface area (Å²) in [6.07, 6.45) is -1.22. The molecule has 5 heterocycles. The number of nitrogens with zero attached hydrogens (tertiary/aromatic N) is 7. The topological polar surface area (TPSA) is 81.8 Å². The number of likely N-dealkylation sites (tertiary alicyclic amines) is 1. The quantitative estimate of drug-likeness (QED) is 0.247. The minimum Gasteiger partial charge on any atom is -0.463 e. The van der Waals surface area contributed by atoms with Gasteiger partial charge in [0.2, 0.25) is 6.54 Å². The van der Waals surface area contributed by atoms with Gasteiger partial charge in [0, 0.05) is 56.6 Å². The molecule has 3 fully saturated rings. The molecular formula is C31H38F3N7O3. The monoisotopic (exact) mass is 613 g/mol. The van der Waals surface area contributed by atoms with Gasteiger partial charge in [-0.1, -0.05) is 18.7 Å². The largest absolute Gasteiger partial charge is 0.463 e. The van der Waals surface area contributed by atoms with Gasteiger partial charge in [0.1, 0.15) is 18.1 Å². The van der Waals surface area contributed by atoms with E-state index in [1.165, 1.54) is 18.2 Å². The Labute approximate surface area is 255 Å². The van der Waals surface area contributed by atoms with Crippen LogP contribution in [0.15, 0.2) is 36.9 Å². The number of rotatable bonds is 10. The highest BCUT2D eigenvalue weighted by Gasteiger charge is 2.39. The fourth-order valence-corrected chi connectivity index (χ4v) is 6.91. The van der Waals surface area contributed by atoms with Crippen LogP contribution in [0.5, 0.6) is 6.01 Å². The summed E-state index contributed by atoms with van der Waals surface area (Å²) in [6.45, 7) is 16.4. The number of hydrogen-bond donors (Lipinski definition) is 1. The molecular weight excluding hydrogens is 575 g/mol. The third-order valence-corrected chi connectivity index (χ3v) is 9.09. The van der Waals surface area contributed by atoms with Gasteiger partial charge in [0.25, 0.3) is 0 Å². The van der Waals surface area contributed by atoms with Crippen LogP contribution in [0.25, 0.3) is 4.85 Å². The lowest BCUT2D eigenvalue weighted by molar-refractivity contribution is -0.137. The Morgan fingerprint density at radius 3 is 2.75 bits per heavy atom. The Morgan fingerprint density at radius 2 is 2.02 bits per heavy atom. The van der Waals surface area contributed by atoms with E-state index in [0.29, 0.717) is 62.9 Å². The number of aliphatic hydroxyl groups is 1. The molecule has 0 spiro atoms. The van der Waals surface area contributed by atoms with E-state index >= 15 is 0 Å². The van der Waals surface area contributed by atoms with Crippen molar-refractivity contribution in [2.24, 2.45) is 0 Å². The molecule has 0 saturated carbocycles. The molecule has 2 unspecified atom stereocenters. The fraction of sp³-hybridized carbons (Fsp3) is 0.581. The van der Waals surface area contributed by atoms with Gasteiger partial charge in [-0.05, 0) is 37.5 Å². The van der Waals surface area contributed by atoms with Crippen LogP contribution in [-0.4, -0.2) is 108 Å². The molecule has 0 radical (unpaired) electrons. The molecule has 10 nitrogen and oxygen atoms in total. The number of aliphatic hydroxyl groups excluding tert-OH is 1. The highest BCUT2D eigenvalue weighted by atomic mass is 19.4. The minimum atomic E-state index is -4.48. The van der Waals surface area contributed by atoms with Gasteiger partial charge < -0.3 is 29.2 Å². The predicted molar refractivity (Wildman–Crippen MR) is 158 cm³/mol. The van der Waals surface area contributed by atoms with Crippen molar-refractivity contribution in [3.8, 4) is 6.01 Å². The molecule has 1 N–H and O–H groups in total. The molecule has 2 bridgehead atoms. The number of anilines is 2. The molecule has 1 aromatic heterocycles. The summed E-state index contributed by atoms with van der Waals surface area (Å²) in [4.78, 5) is 21.3. The van der Waals surface area contributed by atoms with Gasteiger partial charge in [0.05, 0.1) is 37.1 Å². The average Bonchev–Trinajstić information content (AvgIpc) is 3.66. The van der Waals surface area contributed by atoms with Gasteiger partial charge in [-0.15, -0.1) is 0 Å². The molecule has 0 aliphatic carbocycles. The van der Waals surface area contributed by atoms with Crippen LogP contribution in [0.2, 0.25) is 0 Å². The number of alkyl halides is 3. The van der Waals surface area contributed by atoms with Crippen molar-refractivity contribution < 1.29 is 27.8 Å². The lowest BCUT2D eigenvalue weighted by Crippen LogP contribution is -2.57. The third-order valence-electron chi connectivity index (χ3n) is 9.09. The first-order valence-corrected chi connectivity index (χ1v) is 15.2. The Balaban J connectivity index is 1.24. The maximum Gasteiger partial charge on any atom is 0.418 e. The molecule has 3 saturated heterocycles. The van der Waals surface area contributed by atoms with Crippen molar-refractivity contribution in [1.29, 1.82) is 0 Å². The molecule has 13 heteroatoms. The zero-order valence-corrected chi connectivity index (χ0v) is 24.6. The molecule has 44 heavy (non-hydrogen) atoms. The lowest BCUT2D eigenvalue weighted by atomic mass is 10.0. The summed E-state index contributed by atoms with van der Waals surface area (Å²) >= 11 is 0. The Hall–Kier alpha value is -3.44. The zero-order valence-electron chi connectivity index (χ0n) is 24.6. The van der Waals surface area contributed by atoms with Crippen molar-refractivity contribution in [1.82, 2.24) is 19.8 Å². The maximum absolute atomic E-state index is 13.9. The smallest absolute Gasteiger partial charge is 0.418 e. The summed E-state index contributed by atoms with van der Waals surface area (Å²) in [5.74, 6) is 0.686. The second kappa shape index (κ2) is 12.9. The highest BCUT2D eigenvalue weighted by Crippen LogP contribution is 2.39. The normalized spacial score (nSPS) is 24.7. The number of aromatic nitrogens is 2. The molecule has 2 aromatic rings. The number of halogens is 3. The van der Waals surface area contributed by atoms with Gasteiger partial charge in [-0.25, -0.2) is 6.57 Å². The molecule has 6 rings (SSSR count). The molecule has 1 aromatic carbocycles. The van der Waals surface area contributed by atoms with E-state index in [0.717, 1.165) is 44.2 Å². The van der Waals surface area contributed by atoms with E-state index in [-0.39, 0.29) is 30.8 Å². The second-order valence-corrected chi connectivity index (χ2v) is 11.8. The van der Waals surface area contributed by atoms with Gasteiger partial charge >= 0.3 is 12.2 Å². The number of para-hydroxylation sites is 1. The van der Waals surface area contributed by atoms with Crippen molar-refractivity contribution in [3.63, 3.8) is 0 Å². The number of morpholine rings is 1. The summed E-state index contributed by atoms with van der Waals surface area (Å²) in [7, 11) is 0. The number of hydrogen-bond acceptors (Lipinski definition) is 9. The zero-order chi connectivity index (χ0) is 30.8. The summed E-state index contributed by atoms with van der Waals surface area (Å²) < 4.78 is 53.4. The third kappa shape index (κ3) is 6.35. The SMILES string of the molecule is [C-]#[N+]CC1CN(c2nc(OCCCN3C[C@H]4C[C@@H]3CO4)nc3c2CCN(c2ccccc2C(F)(F)F)C3)CCN1C(O)C=C. The van der Waals surface area contributed by atoms with Crippen molar-refractivity contribution in [3.05, 3.63) is 65.2 Å². The number of piperazine rings is 1. The van der Waals surface area contributed by atoms with Crippen LogP contribution < -0.4 is 14.5 Å². The number of benzene rings is 1. The second-order valence-electron chi connectivity index (χ2n) is 11.8. The maximum atomic E-state index is 13.9. The van der Waals surface area contributed by atoms with E-state index in [9.17, 15) is 18.3 Å². The Morgan fingerprint density at radius 1 is 1.18 bits per heavy atom. The standard InChI is InChI=1S/C31H38F3N7O3/c1-3-28(42)41-13-12-40(17-22(41)16-35-2)29-24-9-11-39(27-8-5-4-7-25(27)31(32,33)34)19-26(24)36-30(37-29)43-14-6-10-38-18-23-15-21(38)20-44-23/h3-5,7-8,21-23,28,42H,1,6,9-20H2/t21-,22?,23-,28?/m1/s1. The lowest BCUT2D eigenvalue weighted by Gasteiger charge is -2.42.